The number of urea groups is 1. The van der Waals surface area contributed by atoms with Crippen molar-refractivity contribution in [1.82, 2.24) is 20.4 Å². The lowest BCUT2D eigenvalue weighted by atomic mass is 10.1. The van der Waals surface area contributed by atoms with E-state index in [4.69, 9.17) is 0 Å². The van der Waals surface area contributed by atoms with Crippen LogP contribution in [-0.4, -0.2) is 66.4 Å². The molecule has 0 aliphatic carbocycles. The third-order valence-corrected chi connectivity index (χ3v) is 4.23. The van der Waals surface area contributed by atoms with Crippen molar-refractivity contribution in [3.05, 3.63) is 0 Å². The second kappa shape index (κ2) is 8.00. The summed E-state index contributed by atoms with van der Waals surface area (Å²) in [5, 5.41) is 5.77. The maximum absolute atomic E-state index is 12.0. The number of nitrogens with one attached hydrogen (secondary N) is 2. The summed E-state index contributed by atoms with van der Waals surface area (Å²) in [5.41, 5.74) is 0. The lowest BCUT2D eigenvalue weighted by Gasteiger charge is -2.33. The van der Waals surface area contributed by atoms with E-state index in [1.807, 2.05) is 6.92 Å². The van der Waals surface area contributed by atoms with Gasteiger partial charge in [-0.15, -0.1) is 0 Å². The van der Waals surface area contributed by atoms with E-state index in [0.29, 0.717) is 32.6 Å². The summed E-state index contributed by atoms with van der Waals surface area (Å²) in [4.78, 5) is 38.9. The largest absolute Gasteiger partial charge is 0.352 e. The van der Waals surface area contributed by atoms with Gasteiger partial charge in [0, 0.05) is 38.6 Å². The molecule has 22 heavy (non-hydrogen) atoms. The Morgan fingerprint density at radius 2 is 1.91 bits per heavy atom. The van der Waals surface area contributed by atoms with Gasteiger partial charge in [0.25, 0.3) is 0 Å². The molecule has 2 heterocycles. The van der Waals surface area contributed by atoms with Crippen molar-refractivity contribution < 1.29 is 14.4 Å². The van der Waals surface area contributed by atoms with Crippen LogP contribution < -0.4 is 10.6 Å². The van der Waals surface area contributed by atoms with Crippen LogP contribution in [0.2, 0.25) is 0 Å². The minimum absolute atomic E-state index is 0.0359. The first kappa shape index (κ1) is 16.6. The van der Waals surface area contributed by atoms with Gasteiger partial charge in [0.1, 0.15) is 0 Å². The van der Waals surface area contributed by atoms with Crippen LogP contribution in [0.5, 0.6) is 0 Å². The van der Waals surface area contributed by atoms with Gasteiger partial charge in [0.2, 0.25) is 11.8 Å². The predicted octanol–water partition coefficient (Wildman–Crippen LogP) is 0.309. The molecule has 2 aliphatic rings. The summed E-state index contributed by atoms with van der Waals surface area (Å²) in [7, 11) is 0. The topological polar surface area (TPSA) is 81.8 Å². The first-order valence-corrected chi connectivity index (χ1v) is 8.20. The van der Waals surface area contributed by atoms with Gasteiger partial charge < -0.3 is 20.4 Å². The van der Waals surface area contributed by atoms with Crippen LogP contribution >= 0.6 is 0 Å². The van der Waals surface area contributed by atoms with E-state index in [9.17, 15) is 14.4 Å². The molecule has 2 saturated heterocycles. The van der Waals surface area contributed by atoms with Crippen LogP contribution in [0.4, 0.5) is 4.79 Å². The molecule has 2 fully saturated rings. The Morgan fingerprint density at radius 1 is 1.18 bits per heavy atom. The molecule has 7 nitrogen and oxygen atoms in total. The molecule has 0 aromatic heterocycles. The van der Waals surface area contributed by atoms with Crippen molar-refractivity contribution in [2.75, 3.05) is 32.7 Å². The quantitative estimate of drug-likeness (QED) is 0.784. The van der Waals surface area contributed by atoms with Gasteiger partial charge in [-0.1, -0.05) is 0 Å². The summed E-state index contributed by atoms with van der Waals surface area (Å²) in [6, 6.07) is 0.0595. The van der Waals surface area contributed by atoms with Crippen molar-refractivity contribution in [3.63, 3.8) is 0 Å². The zero-order valence-electron chi connectivity index (χ0n) is 13.3. The highest BCUT2D eigenvalue weighted by molar-refractivity contribution is 5.85. The van der Waals surface area contributed by atoms with Crippen LogP contribution in [0, 0.1) is 0 Å². The van der Waals surface area contributed by atoms with E-state index in [1.165, 1.54) is 0 Å². The number of nitrogens with zero attached hydrogens (tertiary/aromatic N) is 2. The van der Waals surface area contributed by atoms with E-state index < -0.39 is 0 Å². The molecule has 0 atom stereocenters. The number of amides is 4. The number of piperidine rings is 2. The molecular formula is C15H26N4O3. The third kappa shape index (κ3) is 4.61. The molecule has 0 aromatic carbocycles. The summed E-state index contributed by atoms with van der Waals surface area (Å²) in [6.07, 6.45) is 3.98. The molecule has 0 bridgehead atoms. The minimum atomic E-state index is -0.0910. The first-order valence-electron chi connectivity index (χ1n) is 8.20. The molecule has 7 heteroatoms. The number of likely N-dealkylation sites (tertiary alicyclic amines) is 2. The summed E-state index contributed by atoms with van der Waals surface area (Å²) in [6.45, 7) is 4.67. The monoisotopic (exact) mass is 310 g/mol. The van der Waals surface area contributed by atoms with Gasteiger partial charge in [0.15, 0.2) is 0 Å². The summed E-state index contributed by atoms with van der Waals surface area (Å²) in [5.74, 6) is -0.0147. The number of rotatable bonds is 4. The fourth-order valence-corrected chi connectivity index (χ4v) is 2.97. The second-order valence-electron chi connectivity index (χ2n) is 5.94. The molecule has 2 rings (SSSR count). The van der Waals surface area contributed by atoms with Crippen molar-refractivity contribution in [3.8, 4) is 0 Å². The molecule has 2 aliphatic heterocycles. The van der Waals surface area contributed by atoms with Crippen LogP contribution in [-0.2, 0) is 9.59 Å². The van der Waals surface area contributed by atoms with Crippen molar-refractivity contribution in [2.24, 2.45) is 0 Å². The Balaban J connectivity index is 1.70. The smallest absolute Gasteiger partial charge is 0.317 e. The van der Waals surface area contributed by atoms with Crippen LogP contribution in [0.15, 0.2) is 0 Å². The highest BCUT2D eigenvalue weighted by Gasteiger charge is 2.25. The fourth-order valence-electron chi connectivity index (χ4n) is 2.97. The Bertz CT molecular complexity index is 419. The highest BCUT2D eigenvalue weighted by Crippen LogP contribution is 2.12. The molecular weight excluding hydrogens is 284 g/mol. The van der Waals surface area contributed by atoms with E-state index >= 15 is 0 Å². The average molecular weight is 310 g/mol. The maximum atomic E-state index is 12.0. The predicted molar refractivity (Wildman–Crippen MR) is 82.2 cm³/mol. The van der Waals surface area contributed by atoms with E-state index in [0.717, 1.165) is 25.7 Å². The maximum Gasteiger partial charge on any atom is 0.317 e. The zero-order valence-corrected chi connectivity index (χ0v) is 13.3. The molecule has 2 N–H and O–H groups in total. The van der Waals surface area contributed by atoms with Crippen LogP contribution in [0.1, 0.15) is 39.0 Å². The van der Waals surface area contributed by atoms with Crippen molar-refractivity contribution in [2.45, 2.75) is 45.1 Å². The number of hydrogen-bond acceptors (Lipinski definition) is 3. The van der Waals surface area contributed by atoms with Gasteiger partial charge in [-0.05, 0) is 32.6 Å². The molecule has 0 aromatic rings. The second-order valence-corrected chi connectivity index (χ2v) is 5.94. The Kier molecular flexibility index (Phi) is 6.03. The van der Waals surface area contributed by atoms with E-state index in [1.54, 1.807) is 9.80 Å². The third-order valence-electron chi connectivity index (χ3n) is 4.23. The van der Waals surface area contributed by atoms with Gasteiger partial charge in [-0.3, -0.25) is 9.59 Å². The van der Waals surface area contributed by atoms with Gasteiger partial charge >= 0.3 is 6.03 Å². The molecule has 4 amide bonds. The standard InChI is InChI=1S/C15H26N4O3/c1-2-16-15(22)18-9-6-12(7-10-18)17-13(20)11-19-8-4-3-5-14(19)21/h12H,2-11H2,1H3,(H,16,22)(H,17,20). The molecule has 0 spiro atoms. The van der Waals surface area contributed by atoms with Crippen LogP contribution in [0.25, 0.3) is 0 Å². The Labute approximate surface area is 131 Å². The number of hydrogen-bond donors (Lipinski definition) is 2. The molecule has 124 valence electrons. The van der Waals surface area contributed by atoms with Gasteiger partial charge in [0.05, 0.1) is 6.54 Å². The zero-order chi connectivity index (χ0) is 15.9. The van der Waals surface area contributed by atoms with Crippen molar-refractivity contribution >= 4 is 17.8 Å². The molecule has 0 saturated carbocycles. The van der Waals surface area contributed by atoms with Crippen LogP contribution in [0.3, 0.4) is 0 Å². The first-order chi connectivity index (χ1) is 10.6. The highest BCUT2D eigenvalue weighted by atomic mass is 16.2. The summed E-state index contributed by atoms with van der Waals surface area (Å²) >= 11 is 0. The molecule has 0 unspecified atom stereocenters. The van der Waals surface area contributed by atoms with Gasteiger partial charge in [-0.25, -0.2) is 4.79 Å². The minimum Gasteiger partial charge on any atom is -0.352 e. The van der Waals surface area contributed by atoms with Gasteiger partial charge in [-0.2, -0.15) is 0 Å². The number of carbonyl (C=O) groups is 3. The average Bonchev–Trinajstić information content (AvgIpc) is 2.50. The van der Waals surface area contributed by atoms with Crippen molar-refractivity contribution in [1.29, 1.82) is 0 Å². The fraction of sp³-hybridized carbons (Fsp3) is 0.800. The SMILES string of the molecule is CCNC(=O)N1CCC(NC(=O)CN2CCCCC2=O)CC1. The van der Waals surface area contributed by atoms with E-state index in [-0.39, 0.29) is 30.4 Å². The lowest BCUT2D eigenvalue weighted by molar-refractivity contribution is -0.138. The Hall–Kier alpha value is -1.79. The van der Waals surface area contributed by atoms with E-state index in [2.05, 4.69) is 10.6 Å². The lowest BCUT2D eigenvalue weighted by Crippen LogP contribution is -2.51. The Morgan fingerprint density at radius 3 is 2.55 bits per heavy atom. The molecule has 0 radical (unpaired) electrons. The summed E-state index contributed by atoms with van der Waals surface area (Å²) < 4.78 is 0. The number of carbonyl (C=O) groups excluding carboxylic acids is 3. The normalized spacial score (nSPS) is 20.0.